The molecule has 2 amide bonds. The highest BCUT2D eigenvalue weighted by Crippen LogP contribution is 2.25. The lowest BCUT2D eigenvalue weighted by atomic mass is 10.2. The SMILES string of the molecule is CSCC[C@@H](NC(C)=O)C(=O)OCC(=O)N(c1ccccc1)c1ccccc1. The fraction of sp³-hybridized carbons (Fsp3) is 0.286. The molecule has 7 heteroatoms. The molecule has 0 saturated carbocycles. The van der Waals surface area contributed by atoms with Crippen molar-refractivity contribution in [3.63, 3.8) is 0 Å². The van der Waals surface area contributed by atoms with Gasteiger partial charge in [-0.1, -0.05) is 36.4 Å². The topological polar surface area (TPSA) is 75.7 Å². The molecule has 0 aliphatic carbocycles. The molecule has 0 bridgehead atoms. The Morgan fingerprint density at radius 3 is 2.00 bits per heavy atom. The third kappa shape index (κ3) is 6.42. The van der Waals surface area contributed by atoms with E-state index in [1.165, 1.54) is 11.8 Å². The average molecular weight is 401 g/mol. The van der Waals surface area contributed by atoms with E-state index in [0.717, 1.165) is 0 Å². The summed E-state index contributed by atoms with van der Waals surface area (Å²) < 4.78 is 5.23. The lowest BCUT2D eigenvalue weighted by Crippen LogP contribution is -2.42. The molecule has 0 unspecified atom stereocenters. The van der Waals surface area contributed by atoms with Gasteiger partial charge in [0.15, 0.2) is 6.61 Å². The third-order valence-electron chi connectivity index (χ3n) is 3.89. The maximum absolute atomic E-state index is 12.9. The van der Waals surface area contributed by atoms with Crippen molar-refractivity contribution in [1.82, 2.24) is 5.32 Å². The van der Waals surface area contributed by atoms with E-state index in [2.05, 4.69) is 5.32 Å². The highest BCUT2D eigenvalue weighted by atomic mass is 32.2. The quantitative estimate of drug-likeness (QED) is 0.655. The molecule has 0 saturated heterocycles. The summed E-state index contributed by atoms with van der Waals surface area (Å²) >= 11 is 1.56. The van der Waals surface area contributed by atoms with Gasteiger partial charge in [0.25, 0.3) is 5.91 Å². The molecular weight excluding hydrogens is 376 g/mol. The van der Waals surface area contributed by atoms with Gasteiger partial charge in [-0.2, -0.15) is 11.8 Å². The predicted molar refractivity (Wildman–Crippen MR) is 112 cm³/mol. The highest BCUT2D eigenvalue weighted by Gasteiger charge is 2.24. The maximum atomic E-state index is 12.9. The molecule has 0 spiro atoms. The fourth-order valence-corrected chi connectivity index (χ4v) is 3.09. The second-order valence-electron chi connectivity index (χ2n) is 6.04. The lowest BCUT2D eigenvalue weighted by Gasteiger charge is -2.23. The van der Waals surface area contributed by atoms with Crippen LogP contribution in [-0.4, -0.2) is 42.4 Å². The van der Waals surface area contributed by atoms with Crippen molar-refractivity contribution < 1.29 is 19.1 Å². The number of nitrogens with zero attached hydrogens (tertiary/aromatic N) is 1. The molecule has 2 aromatic rings. The van der Waals surface area contributed by atoms with E-state index in [-0.39, 0.29) is 11.8 Å². The van der Waals surface area contributed by atoms with Gasteiger partial charge in [0.1, 0.15) is 6.04 Å². The number of anilines is 2. The van der Waals surface area contributed by atoms with Crippen LogP contribution < -0.4 is 10.2 Å². The molecule has 0 aromatic heterocycles. The second-order valence-corrected chi connectivity index (χ2v) is 7.03. The van der Waals surface area contributed by atoms with Gasteiger partial charge in [-0.25, -0.2) is 4.79 Å². The molecule has 2 aromatic carbocycles. The zero-order valence-electron chi connectivity index (χ0n) is 16.0. The first-order valence-corrected chi connectivity index (χ1v) is 10.3. The minimum atomic E-state index is -0.764. The van der Waals surface area contributed by atoms with Crippen LogP contribution in [0.3, 0.4) is 0 Å². The summed E-state index contributed by atoms with van der Waals surface area (Å²) in [6.45, 7) is 0.926. The molecule has 2 rings (SSSR count). The Labute approximate surface area is 169 Å². The third-order valence-corrected chi connectivity index (χ3v) is 4.53. The number of carbonyl (C=O) groups excluding carboxylic acids is 3. The number of nitrogens with one attached hydrogen (secondary N) is 1. The zero-order chi connectivity index (χ0) is 20.4. The van der Waals surface area contributed by atoms with E-state index in [1.54, 1.807) is 11.8 Å². The number of esters is 1. The number of rotatable bonds is 9. The average Bonchev–Trinajstić information content (AvgIpc) is 2.71. The van der Waals surface area contributed by atoms with E-state index >= 15 is 0 Å². The Balaban J connectivity index is 2.10. The number of hydrogen-bond donors (Lipinski definition) is 1. The van der Waals surface area contributed by atoms with Crippen molar-refractivity contribution in [1.29, 1.82) is 0 Å². The first-order chi connectivity index (χ1) is 13.5. The van der Waals surface area contributed by atoms with Gasteiger partial charge in [0.05, 0.1) is 0 Å². The number of carbonyl (C=O) groups is 3. The Kier molecular flexibility index (Phi) is 8.55. The normalized spacial score (nSPS) is 11.4. The molecule has 0 radical (unpaired) electrons. The van der Waals surface area contributed by atoms with Crippen LogP contribution in [0, 0.1) is 0 Å². The molecule has 0 heterocycles. The van der Waals surface area contributed by atoms with Gasteiger partial charge in [-0.05, 0) is 42.7 Å². The Morgan fingerprint density at radius 1 is 1.00 bits per heavy atom. The van der Waals surface area contributed by atoms with Crippen LogP contribution in [0.4, 0.5) is 11.4 Å². The molecule has 0 aliphatic rings. The van der Waals surface area contributed by atoms with Crippen LogP contribution >= 0.6 is 11.8 Å². The molecule has 6 nitrogen and oxygen atoms in total. The van der Waals surface area contributed by atoms with E-state index in [0.29, 0.717) is 23.5 Å². The van der Waals surface area contributed by atoms with Crippen molar-refractivity contribution >= 4 is 40.9 Å². The monoisotopic (exact) mass is 400 g/mol. The predicted octanol–water partition coefficient (Wildman–Crippen LogP) is 3.15. The summed E-state index contributed by atoms with van der Waals surface area (Å²) in [5.41, 5.74) is 1.35. The first kappa shape index (κ1) is 21.5. The lowest BCUT2D eigenvalue weighted by molar-refractivity contribution is -0.150. The summed E-state index contributed by atoms with van der Waals surface area (Å²) in [4.78, 5) is 38.1. The van der Waals surface area contributed by atoms with Gasteiger partial charge < -0.3 is 10.1 Å². The number of thioether (sulfide) groups is 1. The maximum Gasteiger partial charge on any atom is 0.329 e. The minimum Gasteiger partial charge on any atom is -0.454 e. The number of hydrogen-bond acceptors (Lipinski definition) is 5. The number of para-hydroxylation sites is 2. The summed E-state index contributed by atoms with van der Waals surface area (Å²) in [5.74, 6) is -0.617. The van der Waals surface area contributed by atoms with E-state index in [9.17, 15) is 14.4 Å². The summed E-state index contributed by atoms with van der Waals surface area (Å²) in [6, 6.07) is 17.5. The minimum absolute atomic E-state index is 0.315. The Hall–Kier alpha value is -2.80. The fourth-order valence-electron chi connectivity index (χ4n) is 2.62. The van der Waals surface area contributed by atoms with Crippen LogP contribution in [0.1, 0.15) is 13.3 Å². The molecule has 28 heavy (non-hydrogen) atoms. The van der Waals surface area contributed by atoms with E-state index in [4.69, 9.17) is 4.74 Å². The first-order valence-electron chi connectivity index (χ1n) is 8.88. The number of amides is 2. The zero-order valence-corrected chi connectivity index (χ0v) is 16.8. The van der Waals surface area contributed by atoms with E-state index in [1.807, 2.05) is 66.9 Å². The van der Waals surface area contributed by atoms with Crippen LogP contribution in [0.2, 0.25) is 0 Å². The number of benzene rings is 2. The van der Waals surface area contributed by atoms with Crippen molar-refractivity contribution in [3.05, 3.63) is 60.7 Å². The smallest absolute Gasteiger partial charge is 0.329 e. The molecular formula is C21H24N2O4S. The molecule has 148 valence electrons. The van der Waals surface area contributed by atoms with Crippen molar-refractivity contribution in [2.45, 2.75) is 19.4 Å². The molecule has 1 N–H and O–H groups in total. The standard InChI is InChI=1S/C21H24N2O4S/c1-16(24)22-19(13-14-28-2)21(26)27-15-20(25)23(17-9-5-3-6-10-17)18-11-7-4-8-12-18/h3-12,19H,13-15H2,1-2H3,(H,22,24)/t19-/m1/s1. The van der Waals surface area contributed by atoms with Crippen LogP contribution in [0.15, 0.2) is 60.7 Å². The Morgan fingerprint density at radius 2 is 1.54 bits per heavy atom. The largest absolute Gasteiger partial charge is 0.454 e. The van der Waals surface area contributed by atoms with Crippen LogP contribution in [0.25, 0.3) is 0 Å². The van der Waals surface area contributed by atoms with Crippen molar-refractivity contribution in [3.8, 4) is 0 Å². The Bertz CT molecular complexity index is 744. The summed E-state index contributed by atoms with van der Waals surface area (Å²) in [5, 5.41) is 2.58. The van der Waals surface area contributed by atoms with Gasteiger partial charge in [0.2, 0.25) is 5.91 Å². The summed E-state index contributed by atoms with van der Waals surface area (Å²) in [6.07, 6.45) is 2.35. The van der Waals surface area contributed by atoms with Gasteiger partial charge in [-0.15, -0.1) is 0 Å². The molecule has 1 atom stereocenters. The van der Waals surface area contributed by atoms with Gasteiger partial charge in [0, 0.05) is 18.3 Å². The van der Waals surface area contributed by atoms with Gasteiger partial charge >= 0.3 is 5.97 Å². The van der Waals surface area contributed by atoms with Crippen LogP contribution in [-0.2, 0) is 19.1 Å². The van der Waals surface area contributed by atoms with E-state index < -0.39 is 18.6 Å². The highest BCUT2D eigenvalue weighted by molar-refractivity contribution is 7.98. The van der Waals surface area contributed by atoms with Crippen molar-refractivity contribution in [2.75, 3.05) is 23.5 Å². The van der Waals surface area contributed by atoms with Crippen LogP contribution in [0.5, 0.6) is 0 Å². The summed E-state index contributed by atoms with van der Waals surface area (Å²) in [7, 11) is 0. The second kappa shape index (κ2) is 11.1. The molecule has 0 fully saturated rings. The number of ether oxygens (including phenoxy) is 1. The molecule has 0 aliphatic heterocycles. The van der Waals surface area contributed by atoms with Gasteiger partial charge in [-0.3, -0.25) is 14.5 Å². The van der Waals surface area contributed by atoms with Crippen molar-refractivity contribution in [2.24, 2.45) is 0 Å².